The van der Waals surface area contributed by atoms with Crippen LogP contribution in [0.4, 0.5) is 0 Å². The second-order valence-electron chi connectivity index (χ2n) is 3.71. The van der Waals surface area contributed by atoms with Gasteiger partial charge < -0.3 is 15.3 Å². The third-order valence-electron chi connectivity index (χ3n) is 2.47. The Morgan fingerprint density at radius 2 is 1.79 bits per heavy atom. The van der Waals surface area contributed by atoms with Crippen LogP contribution < -0.4 is 0 Å². The maximum absolute atomic E-state index is 9.43. The highest BCUT2D eigenvalue weighted by Gasteiger charge is 2.12. The quantitative estimate of drug-likeness (QED) is 0.630. The predicted molar refractivity (Wildman–Crippen MR) is 54.6 cm³/mol. The first kappa shape index (κ1) is 10.9. The van der Waals surface area contributed by atoms with Crippen LogP contribution in [0.1, 0.15) is 23.6 Å². The molecule has 1 aromatic rings. The summed E-state index contributed by atoms with van der Waals surface area (Å²) < 4.78 is 0. The van der Waals surface area contributed by atoms with Gasteiger partial charge in [0.15, 0.2) is 11.5 Å². The van der Waals surface area contributed by atoms with Crippen LogP contribution in [0.25, 0.3) is 0 Å². The lowest BCUT2D eigenvalue weighted by molar-refractivity contribution is 0.195. The number of aliphatic hydroxyl groups excluding tert-OH is 1. The smallest absolute Gasteiger partial charge is 0.160 e. The van der Waals surface area contributed by atoms with Crippen molar-refractivity contribution < 1.29 is 15.3 Å². The molecule has 0 bridgehead atoms. The molecule has 1 aromatic carbocycles. The van der Waals surface area contributed by atoms with Crippen LogP contribution in [0.2, 0.25) is 0 Å². The van der Waals surface area contributed by atoms with Crippen molar-refractivity contribution >= 4 is 0 Å². The zero-order valence-electron chi connectivity index (χ0n) is 8.70. The second kappa shape index (κ2) is 3.88. The molecule has 0 spiro atoms. The summed E-state index contributed by atoms with van der Waals surface area (Å²) in [6, 6.07) is 1.50. The second-order valence-corrected chi connectivity index (χ2v) is 3.71. The number of hydrogen-bond acceptors (Lipinski definition) is 3. The monoisotopic (exact) mass is 196 g/mol. The van der Waals surface area contributed by atoms with Gasteiger partial charge in [0.05, 0.1) is 6.10 Å². The van der Waals surface area contributed by atoms with Gasteiger partial charge in [-0.3, -0.25) is 0 Å². The Labute approximate surface area is 83.6 Å². The van der Waals surface area contributed by atoms with Crippen molar-refractivity contribution in [3.8, 4) is 11.5 Å². The van der Waals surface area contributed by atoms with Gasteiger partial charge >= 0.3 is 0 Å². The summed E-state index contributed by atoms with van der Waals surface area (Å²) in [5.41, 5.74) is 2.45. The van der Waals surface area contributed by atoms with Gasteiger partial charge in [-0.1, -0.05) is 0 Å². The molecular weight excluding hydrogens is 180 g/mol. The highest BCUT2D eigenvalue weighted by atomic mass is 16.3. The molecule has 1 rings (SSSR count). The summed E-state index contributed by atoms with van der Waals surface area (Å²) in [6.45, 7) is 5.31. The molecule has 0 saturated heterocycles. The summed E-state index contributed by atoms with van der Waals surface area (Å²) in [6.07, 6.45) is 0.0394. The van der Waals surface area contributed by atoms with Crippen molar-refractivity contribution in [2.24, 2.45) is 0 Å². The minimum atomic E-state index is -0.447. The van der Waals surface area contributed by atoms with Crippen molar-refractivity contribution in [2.75, 3.05) is 0 Å². The number of benzene rings is 1. The number of phenolic OH excluding ortho intramolecular Hbond substituents is 2. The Bertz CT molecular complexity index is 343. The van der Waals surface area contributed by atoms with E-state index in [4.69, 9.17) is 0 Å². The topological polar surface area (TPSA) is 60.7 Å². The standard InChI is InChI=1S/C11H16O3/c1-6(12)4-9-5-10(13)11(14)8(3)7(9)2/h5-6,12-14H,4H2,1-3H3. The van der Waals surface area contributed by atoms with Crippen molar-refractivity contribution in [1.29, 1.82) is 0 Å². The zero-order valence-corrected chi connectivity index (χ0v) is 8.70. The molecule has 14 heavy (non-hydrogen) atoms. The minimum Gasteiger partial charge on any atom is -0.504 e. The first-order chi connectivity index (χ1) is 6.43. The summed E-state index contributed by atoms with van der Waals surface area (Å²) in [5, 5.41) is 28.1. The van der Waals surface area contributed by atoms with E-state index in [1.807, 2.05) is 6.92 Å². The van der Waals surface area contributed by atoms with Gasteiger partial charge in [0.25, 0.3) is 0 Å². The fourth-order valence-corrected chi connectivity index (χ4v) is 1.48. The fourth-order valence-electron chi connectivity index (χ4n) is 1.48. The molecule has 0 aliphatic heterocycles. The normalized spacial score (nSPS) is 12.9. The molecule has 0 radical (unpaired) electrons. The van der Waals surface area contributed by atoms with Gasteiger partial charge in [0, 0.05) is 0 Å². The molecule has 1 atom stereocenters. The molecule has 0 heterocycles. The molecule has 0 aliphatic carbocycles. The van der Waals surface area contributed by atoms with Gasteiger partial charge in [0.1, 0.15) is 0 Å². The lowest BCUT2D eigenvalue weighted by Crippen LogP contribution is -2.06. The van der Waals surface area contributed by atoms with E-state index in [0.717, 1.165) is 11.1 Å². The van der Waals surface area contributed by atoms with Gasteiger partial charge in [-0.05, 0) is 49.9 Å². The van der Waals surface area contributed by atoms with Crippen LogP contribution >= 0.6 is 0 Å². The molecule has 1 unspecified atom stereocenters. The summed E-state index contributed by atoms with van der Waals surface area (Å²) in [5.74, 6) is -0.194. The molecule has 0 fully saturated rings. The van der Waals surface area contributed by atoms with Crippen LogP contribution in [0.5, 0.6) is 11.5 Å². The van der Waals surface area contributed by atoms with Gasteiger partial charge in [0.2, 0.25) is 0 Å². The van der Waals surface area contributed by atoms with E-state index < -0.39 is 6.10 Å². The van der Waals surface area contributed by atoms with Gasteiger partial charge in [-0.15, -0.1) is 0 Å². The number of aliphatic hydroxyl groups is 1. The van der Waals surface area contributed by atoms with Crippen molar-refractivity contribution in [3.63, 3.8) is 0 Å². The highest BCUT2D eigenvalue weighted by molar-refractivity contribution is 5.51. The first-order valence-electron chi connectivity index (χ1n) is 4.62. The Balaban J connectivity index is 3.19. The fraction of sp³-hybridized carbons (Fsp3) is 0.455. The zero-order chi connectivity index (χ0) is 10.9. The van der Waals surface area contributed by atoms with E-state index in [1.165, 1.54) is 6.07 Å². The van der Waals surface area contributed by atoms with E-state index in [2.05, 4.69) is 0 Å². The molecule has 78 valence electrons. The van der Waals surface area contributed by atoms with Crippen LogP contribution in [0.15, 0.2) is 6.07 Å². The maximum atomic E-state index is 9.43. The van der Waals surface area contributed by atoms with E-state index in [1.54, 1.807) is 13.8 Å². The van der Waals surface area contributed by atoms with E-state index in [0.29, 0.717) is 12.0 Å². The average molecular weight is 196 g/mol. The molecule has 0 aromatic heterocycles. The Morgan fingerprint density at radius 1 is 1.21 bits per heavy atom. The molecule has 3 heteroatoms. The van der Waals surface area contributed by atoms with E-state index >= 15 is 0 Å². The van der Waals surface area contributed by atoms with Crippen molar-refractivity contribution in [3.05, 3.63) is 22.8 Å². The Hall–Kier alpha value is -1.22. The largest absolute Gasteiger partial charge is 0.504 e. The highest BCUT2D eigenvalue weighted by Crippen LogP contribution is 2.33. The molecule has 0 saturated carbocycles. The molecule has 0 aliphatic rings. The van der Waals surface area contributed by atoms with Gasteiger partial charge in [-0.2, -0.15) is 0 Å². The third kappa shape index (κ3) is 1.99. The first-order valence-corrected chi connectivity index (χ1v) is 4.62. The number of aromatic hydroxyl groups is 2. The summed E-state index contributed by atoms with van der Waals surface area (Å²) >= 11 is 0. The minimum absolute atomic E-state index is 0.0724. The molecular formula is C11H16O3. The number of phenols is 2. The summed E-state index contributed by atoms with van der Waals surface area (Å²) in [4.78, 5) is 0. The number of hydrogen-bond donors (Lipinski definition) is 3. The Kier molecular flexibility index (Phi) is 3.01. The third-order valence-corrected chi connectivity index (χ3v) is 2.47. The van der Waals surface area contributed by atoms with Crippen LogP contribution in [-0.4, -0.2) is 21.4 Å². The lowest BCUT2D eigenvalue weighted by Gasteiger charge is -2.13. The van der Waals surface area contributed by atoms with E-state index in [9.17, 15) is 15.3 Å². The predicted octanol–water partition coefficient (Wildman–Crippen LogP) is 1.64. The SMILES string of the molecule is Cc1c(CC(C)O)cc(O)c(O)c1C. The lowest BCUT2D eigenvalue weighted by atomic mass is 9.97. The number of rotatable bonds is 2. The maximum Gasteiger partial charge on any atom is 0.160 e. The van der Waals surface area contributed by atoms with Crippen LogP contribution in [-0.2, 0) is 6.42 Å². The van der Waals surface area contributed by atoms with Crippen LogP contribution in [0, 0.1) is 13.8 Å². The van der Waals surface area contributed by atoms with Gasteiger partial charge in [-0.25, -0.2) is 0 Å². The summed E-state index contributed by atoms with van der Waals surface area (Å²) in [7, 11) is 0. The van der Waals surface area contributed by atoms with Crippen LogP contribution in [0.3, 0.4) is 0 Å². The molecule has 3 N–H and O–H groups in total. The van der Waals surface area contributed by atoms with Crippen molar-refractivity contribution in [1.82, 2.24) is 0 Å². The molecule has 0 amide bonds. The Morgan fingerprint density at radius 3 is 2.29 bits per heavy atom. The average Bonchev–Trinajstić information content (AvgIpc) is 2.10. The molecule has 3 nitrogen and oxygen atoms in total. The van der Waals surface area contributed by atoms with E-state index in [-0.39, 0.29) is 11.5 Å². The van der Waals surface area contributed by atoms with Crippen molar-refractivity contribution in [2.45, 2.75) is 33.3 Å².